The lowest BCUT2D eigenvalue weighted by atomic mass is 10.1. The largest absolute Gasteiger partial charge is 0.329 e. The van der Waals surface area contributed by atoms with Gasteiger partial charge < -0.3 is 4.90 Å². The summed E-state index contributed by atoms with van der Waals surface area (Å²) in [4.78, 5) is 9.81. The van der Waals surface area contributed by atoms with Crippen molar-refractivity contribution >= 4 is 17.0 Å². The number of aromatic nitrogens is 2. The second kappa shape index (κ2) is 6.29. The third-order valence-corrected chi connectivity index (χ3v) is 4.84. The predicted molar refractivity (Wildman–Crippen MR) is 99.1 cm³/mol. The van der Waals surface area contributed by atoms with Crippen LogP contribution in [-0.4, -0.2) is 33.7 Å². The van der Waals surface area contributed by atoms with Crippen LogP contribution in [0.2, 0.25) is 0 Å². The van der Waals surface area contributed by atoms with Crippen molar-refractivity contribution in [2.24, 2.45) is 0 Å². The lowest BCUT2D eigenvalue weighted by Crippen LogP contribution is -2.48. The molecule has 2 aromatic carbocycles. The van der Waals surface area contributed by atoms with Crippen molar-refractivity contribution in [3.63, 3.8) is 0 Å². The average molecular weight is 320 g/mol. The minimum atomic E-state index is 0.513. The van der Waals surface area contributed by atoms with E-state index in [1.165, 1.54) is 11.1 Å². The Kier molecular flexibility index (Phi) is 3.98. The molecule has 1 aliphatic heterocycles. The summed E-state index contributed by atoms with van der Waals surface area (Å²) in [6, 6.07) is 19.7. The van der Waals surface area contributed by atoms with Gasteiger partial charge in [0.25, 0.3) is 0 Å². The lowest BCUT2D eigenvalue weighted by molar-refractivity contribution is 0.157. The molecule has 0 amide bonds. The van der Waals surface area contributed by atoms with Crippen LogP contribution in [0.3, 0.4) is 0 Å². The van der Waals surface area contributed by atoms with Crippen molar-refractivity contribution in [2.45, 2.75) is 33.0 Å². The molecule has 0 saturated heterocycles. The average Bonchev–Trinajstić information content (AvgIpc) is 2.99. The molecule has 1 aliphatic rings. The maximum absolute atomic E-state index is 4.90. The number of anilines is 1. The summed E-state index contributed by atoms with van der Waals surface area (Å²) in [6.07, 6.45) is 1.04. The molecule has 0 unspecified atom stereocenters. The SMILES string of the molecule is CC(C)N1CN(CCc2ccccc2)c2nc3ccccc3n2C1. The highest BCUT2D eigenvalue weighted by Crippen LogP contribution is 2.27. The Morgan fingerprint density at radius 3 is 2.50 bits per heavy atom. The van der Waals surface area contributed by atoms with Crippen LogP contribution in [0.25, 0.3) is 11.0 Å². The van der Waals surface area contributed by atoms with Gasteiger partial charge in [-0.05, 0) is 38.0 Å². The first-order chi connectivity index (χ1) is 11.7. The molecule has 3 aromatic rings. The zero-order chi connectivity index (χ0) is 16.5. The van der Waals surface area contributed by atoms with E-state index in [9.17, 15) is 0 Å². The molecule has 4 nitrogen and oxygen atoms in total. The highest BCUT2D eigenvalue weighted by molar-refractivity contribution is 5.79. The van der Waals surface area contributed by atoms with Crippen LogP contribution < -0.4 is 4.90 Å². The molecule has 0 saturated carbocycles. The quantitative estimate of drug-likeness (QED) is 0.732. The van der Waals surface area contributed by atoms with Gasteiger partial charge in [-0.25, -0.2) is 4.98 Å². The van der Waals surface area contributed by atoms with E-state index < -0.39 is 0 Å². The lowest BCUT2D eigenvalue weighted by Gasteiger charge is -2.39. The van der Waals surface area contributed by atoms with Crippen molar-refractivity contribution in [1.29, 1.82) is 0 Å². The second-order valence-corrected chi connectivity index (χ2v) is 6.79. The van der Waals surface area contributed by atoms with Crippen molar-refractivity contribution < 1.29 is 0 Å². The Balaban J connectivity index is 1.66. The molecule has 0 N–H and O–H groups in total. The predicted octanol–water partition coefficient (Wildman–Crippen LogP) is 3.72. The number of imidazole rings is 1. The zero-order valence-corrected chi connectivity index (χ0v) is 14.4. The van der Waals surface area contributed by atoms with E-state index in [-0.39, 0.29) is 0 Å². The summed E-state index contributed by atoms with van der Waals surface area (Å²) in [5.41, 5.74) is 3.69. The van der Waals surface area contributed by atoms with Gasteiger partial charge in [-0.2, -0.15) is 0 Å². The highest BCUT2D eigenvalue weighted by atomic mass is 15.5. The first kappa shape index (κ1) is 15.2. The molecule has 0 spiro atoms. The van der Waals surface area contributed by atoms with Gasteiger partial charge in [0, 0.05) is 12.6 Å². The second-order valence-electron chi connectivity index (χ2n) is 6.79. The molecule has 124 valence electrons. The van der Waals surface area contributed by atoms with Gasteiger partial charge in [0.2, 0.25) is 5.95 Å². The number of fused-ring (bicyclic) bond motifs is 3. The molecular formula is C20H24N4. The molecule has 0 atom stereocenters. The van der Waals surface area contributed by atoms with Gasteiger partial charge in [-0.3, -0.25) is 9.47 Å². The zero-order valence-electron chi connectivity index (χ0n) is 14.4. The van der Waals surface area contributed by atoms with Gasteiger partial charge in [-0.1, -0.05) is 42.5 Å². The number of rotatable bonds is 4. The molecule has 1 aromatic heterocycles. The summed E-state index contributed by atoms with van der Waals surface area (Å²) < 4.78 is 2.35. The van der Waals surface area contributed by atoms with Crippen molar-refractivity contribution in [3.8, 4) is 0 Å². The standard InChI is InChI=1S/C20H24N4/c1-16(2)23-14-22(13-12-17-8-4-3-5-9-17)20-21-18-10-6-7-11-19(18)24(20)15-23/h3-11,16H,12-15H2,1-2H3. The van der Waals surface area contributed by atoms with E-state index in [1.54, 1.807) is 0 Å². The molecule has 0 radical (unpaired) electrons. The van der Waals surface area contributed by atoms with E-state index in [4.69, 9.17) is 4.98 Å². The molecule has 0 bridgehead atoms. The Bertz CT molecular complexity index is 822. The third kappa shape index (κ3) is 2.78. The molecule has 2 heterocycles. The van der Waals surface area contributed by atoms with Crippen LogP contribution >= 0.6 is 0 Å². The Hall–Kier alpha value is -2.33. The summed E-state index contributed by atoms with van der Waals surface area (Å²) in [5, 5.41) is 0. The summed E-state index contributed by atoms with van der Waals surface area (Å²) in [6.45, 7) is 7.36. The fourth-order valence-electron chi connectivity index (χ4n) is 3.36. The Labute approximate surface area is 143 Å². The normalized spacial score (nSPS) is 15.2. The monoisotopic (exact) mass is 320 g/mol. The molecule has 0 aliphatic carbocycles. The Morgan fingerprint density at radius 1 is 0.958 bits per heavy atom. The Morgan fingerprint density at radius 2 is 1.71 bits per heavy atom. The van der Waals surface area contributed by atoms with Crippen molar-refractivity contribution in [3.05, 3.63) is 60.2 Å². The van der Waals surface area contributed by atoms with Crippen LogP contribution in [0.5, 0.6) is 0 Å². The van der Waals surface area contributed by atoms with E-state index >= 15 is 0 Å². The van der Waals surface area contributed by atoms with Gasteiger partial charge in [0.15, 0.2) is 0 Å². The number of nitrogens with zero attached hydrogens (tertiary/aromatic N) is 4. The fourth-order valence-corrected chi connectivity index (χ4v) is 3.36. The molecule has 24 heavy (non-hydrogen) atoms. The fraction of sp³-hybridized carbons (Fsp3) is 0.350. The third-order valence-electron chi connectivity index (χ3n) is 4.84. The van der Waals surface area contributed by atoms with Gasteiger partial charge in [-0.15, -0.1) is 0 Å². The van der Waals surface area contributed by atoms with E-state index in [0.29, 0.717) is 6.04 Å². The smallest absolute Gasteiger partial charge is 0.208 e. The van der Waals surface area contributed by atoms with Crippen LogP contribution in [0.1, 0.15) is 19.4 Å². The summed E-state index contributed by atoms with van der Waals surface area (Å²) >= 11 is 0. The van der Waals surface area contributed by atoms with Crippen LogP contribution in [0.4, 0.5) is 5.95 Å². The minimum Gasteiger partial charge on any atom is -0.329 e. The maximum atomic E-state index is 4.90. The molecule has 4 rings (SSSR count). The molecule has 4 heteroatoms. The van der Waals surface area contributed by atoms with Crippen LogP contribution in [0, 0.1) is 0 Å². The van der Waals surface area contributed by atoms with Crippen LogP contribution in [0.15, 0.2) is 54.6 Å². The highest BCUT2D eigenvalue weighted by Gasteiger charge is 2.26. The number of para-hydroxylation sites is 2. The van der Waals surface area contributed by atoms with Gasteiger partial charge in [0.1, 0.15) is 0 Å². The molecule has 0 fully saturated rings. The van der Waals surface area contributed by atoms with Gasteiger partial charge in [0.05, 0.1) is 24.4 Å². The van der Waals surface area contributed by atoms with Crippen LogP contribution in [-0.2, 0) is 13.1 Å². The minimum absolute atomic E-state index is 0.513. The topological polar surface area (TPSA) is 24.3 Å². The summed E-state index contributed by atoms with van der Waals surface area (Å²) in [7, 11) is 0. The number of hydrogen-bond donors (Lipinski definition) is 0. The van der Waals surface area contributed by atoms with E-state index in [1.807, 2.05) is 0 Å². The maximum Gasteiger partial charge on any atom is 0.208 e. The number of hydrogen-bond acceptors (Lipinski definition) is 3. The van der Waals surface area contributed by atoms with Crippen molar-refractivity contribution in [1.82, 2.24) is 14.5 Å². The summed E-state index contributed by atoms with van der Waals surface area (Å²) in [5.74, 6) is 1.10. The molecular weight excluding hydrogens is 296 g/mol. The number of benzene rings is 2. The first-order valence-corrected chi connectivity index (χ1v) is 8.70. The van der Waals surface area contributed by atoms with Crippen molar-refractivity contribution in [2.75, 3.05) is 18.1 Å². The van der Waals surface area contributed by atoms with E-state index in [0.717, 1.165) is 37.8 Å². The first-order valence-electron chi connectivity index (χ1n) is 8.70. The van der Waals surface area contributed by atoms with E-state index in [2.05, 4.69) is 82.8 Å². The van der Waals surface area contributed by atoms with Gasteiger partial charge >= 0.3 is 0 Å².